The van der Waals surface area contributed by atoms with E-state index in [0.29, 0.717) is 5.41 Å². The van der Waals surface area contributed by atoms with Crippen LogP contribution in [0.1, 0.15) is 32.6 Å². The van der Waals surface area contributed by atoms with Crippen molar-refractivity contribution in [3.8, 4) is 0 Å². The highest BCUT2D eigenvalue weighted by Crippen LogP contribution is 2.49. The van der Waals surface area contributed by atoms with Gasteiger partial charge in [-0.25, -0.2) is 0 Å². The van der Waals surface area contributed by atoms with E-state index in [4.69, 9.17) is 0 Å². The van der Waals surface area contributed by atoms with E-state index in [9.17, 15) is 10.1 Å². The Bertz CT molecular complexity index is 458. The highest BCUT2D eigenvalue weighted by atomic mass is 127. The van der Waals surface area contributed by atoms with Gasteiger partial charge in [-0.15, -0.1) is 0 Å². The second kappa shape index (κ2) is 5.42. The molecule has 1 N–H and O–H groups in total. The molecule has 0 saturated heterocycles. The monoisotopic (exact) mass is 360 g/mol. The van der Waals surface area contributed by atoms with Crippen LogP contribution in [-0.4, -0.2) is 11.5 Å². The van der Waals surface area contributed by atoms with E-state index >= 15 is 0 Å². The molecule has 0 radical (unpaired) electrons. The van der Waals surface area contributed by atoms with Crippen LogP contribution in [0.3, 0.4) is 0 Å². The van der Waals surface area contributed by atoms with Gasteiger partial charge < -0.3 is 5.32 Å². The van der Waals surface area contributed by atoms with Gasteiger partial charge in [-0.05, 0) is 53.3 Å². The van der Waals surface area contributed by atoms with Crippen molar-refractivity contribution in [2.24, 2.45) is 5.41 Å². The van der Waals surface area contributed by atoms with Crippen LogP contribution in [0.5, 0.6) is 0 Å². The van der Waals surface area contributed by atoms with Crippen LogP contribution in [0.2, 0.25) is 0 Å². The Hall–Kier alpha value is -0.850. The average molecular weight is 360 g/mol. The third kappa shape index (κ3) is 3.13. The van der Waals surface area contributed by atoms with E-state index in [0.717, 1.165) is 15.8 Å². The van der Waals surface area contributed by atoms with E-state index in [2.05, 4.69) is 34.8 Å². The van der Waals surface area contributed by atoms with E-state index in [1.807, 2.05) is 6.07 Å². The van der Waals surface area contributed by atoms with Crippen LogP contribution in [-0.2, 0) is 0 Å². The number of nitrogens with zero attached hydrogens (tertiary/aromatic N) is 1. The van der Waals surface area contributed by atoms with Crippen LogP contribution in [0, 0.1) is 19.1 Å². The van der Waals surface area contributed by atoms with Crippen molar-refractivity contribution in [1.82, 2.24) is 0 Å². The summed E-state index contributed by atoms with van der Waals surface area (Å²) in [5, 5.41) is 14.1. The van der Waals surface area contributed by atoms with E-state index in [1.54, 1.807) is 12.1 Å². The predicted molar refractivity (Wildman–Crippen MR) is 80.9 cm³/mol. The molecule has 98 valence electrons. The lowest BCUT2D eigenvalue weighted by atomic mass is 10.0. The Labute approximate surface area is 120 Å². The van der Waals surface area contributed by atoms with E-state index in [-0.39, 0.29) is 10.6 Å². The van der Waals surface area contributed by atoms with Crippen molar-refractivity contribution in [2.75, 3.05) is 11.9 Å². The van der Waals surface area contributed by atoms with Crippen LogP contribution in [0.15, 0.2) is 18.2 Å². The van der Waals surface area contributed by atoms with Gasteiger partial charge in [0.15, 0.2) is 0 Å². The molecular formula is C13H17IN2O2. The summed E-state index contributed by atoms with van der Waals surface area (Å²) in [4.78, 5) is 10.3. The first-order chi connectivity index (χ1) is 8.56. The molecule has 0 atom stereocenters. The summed E-state index contributed by atoms with van der Waals surface area (Å²) in [6, 6.07) is 4.98. The third-order valence-corrected chi connectivity index (χ3v) is 4.45. The number of hydrogen-bond acceptors (Lipinski definition) is 3. The summed E-state index contributed by atoms with van der Waals surface area (Å²) in [6.07, 6.45) is 5.09. The van der Waals surface area contributed by atoms with Gasteiger partial charge in [0.1, 0.15) is 0 Å². The van der Waals surface area contributed by atoms with Crippen LogP contribution < -0.4 is 5.32 Å². The number of non-ortho nitro benzene ring substituents is 1. The number of nitro groups is 1. The standard InChI is InChI=1S/C13H17IN2O2/c1-2-5-13(6-7-13)9-15-12-4-3-10(16(17)18)8-11(12)14/h3-4,8,15H,2,5-7,9H2,1H3. The van der Waals surface area contributed by atoms with E-state index in [1.165, 1.54) is 25.7 Å². The van der Waals surface area contributed by atoms with Crippen molar-refractivity contribution in [2.45, 2.75) is 32.6 Å². The molecule has 0 amide bonds. The molecule has 0 heterocycles. The van der Waals surface area contributed by atoms with Crippen LogP contribution in [0.25, 0.3) is 0 Å². The first-order valence-corrected chi connectivity index (χ1v) is 7.32. The number of halogens is 1. The molecule has 4 nitrogen and oxygen atoms in total. The smallest absolute Gasteiger partial charge is 0.270 e. The zero-order valence-corrected chi connectivity index (χ0v) is 12.6. The van der Waals surface area contributed by atoms with Gasteiger partial charge in [0, 0.05) is 27.9 Å². The number of benzene rings is 1. The maximum Gasteiger partial charge on any atom is 0.270 e. The van der Waals surface area contributed by atoms with Crippen molar-refractivity contribution in [3.05, 3.63) is 31.9 Å². The minimum atomic E-state index is -0.356. The van der Waals surface area contributed by atoms with Crippen molar-refractivity contribution in [1.29, 1.82) is 0 Å². The van der Waals surface area contributed by atoms with Gasteiger partial charge in [-0.3, -0.25) is 10.1 Å². The van der Waals surface area contributed by atoms with Gasteiger partial charge in [-0.2, -0.15) is 0 Å². The fraction of sp³-hybridized carbons (Fsp3) is 0.538. The normalized spacial score (nSPS) is 16.3. The zero-order chi connectivity index (χ0) is 13.2. The third-order valence-electron chi connectivity index (χ3n) is 3.55. The minimum absolute atomic E-state index is 0.152. The molecule has 1 saturated carbocycles. The predicted octanol–water partition coefficient (Wildman–Crippen LogP) is 4.19. The molecule has 1 aliphatic rings. The van der Waals surface area contributed by atoms with Gasteiger partial charge in [0.05, 0.1) is 4.92 Å². The van der Waals surface area contributed by atoms with Crippen LogP contribution in [0.4, 0.5) is 11.4 Å². The molecular weight excluding hydrogens is 343 g/mol. The Kier molecular flexibility index (Phi) is 4.09. The highest BCUT2D eigenvalue weighted by molar-refractivity contribution is 14.1. The average Bonchev–Trinajstić information content (AvgIpc) is 3.08. The Morgan fingerprint density at radius 2 is 2.22 bits per heavy atom. The molecule has 2 rings (SSSR count). The number of rotatable bonds is 6. The van der Waals surface area contributed by atoms with Crippen molar-refractivity contribution >= 4 is 34.0 Å². The summed E-state index contributed by atoms with van der Waals surface area (Å²) in [5.74, 6) is 0. The Morgan fingerprint density at radius 3 is 2.72 bits per heavy atom. The first-order valence-electron chi connectivity index (χ1n) is 6.24. The molecule has 18 heavy (non-hydrogen) atoms. The van der Waals surface area contributed by atoms with Gasteiger partial charge in [0.2, 0.25) is 0 Å². The second-order valence-electron chi connectivity index (χ2n) is 5.02. The molecule has 0 spiro atoms. The lowest BCUT2D eigenvalue weighted by Crippen LogP contribution is -2.15. The topological polar surface area (TPSA) is 55.2 Å². The molecule has 5 heteroatoms. The summed E-state index contributed by atoms with van der Waals surface area (Å²) in [5.41, 5.74) is 1.64. The fourth-order valence-electron chi connectivity index (χ4n) is 2.27. The largest absolute Gasteiger partial charge is 0.384 e. The molecule has 1 aliphatic carbocycles. The molecule has 1 aromatic carbocycles. The maximum absolute atomic E-state index is 10.7. The number of nitrogens with one attached hydrogen (secondary N) is 1. The van der Waals surface area contributed by atoms with Gasteiger partial charge in [-0.1, -0.05) is 13.3 Å². The van der Waals surface area contributed by atoms with Crippen LogP contribution >= 0.6 is 22.6 Å². The summed E-state index contributed by atoms with van der Waals surface area (Å²) >= 11 is 2.15. The first kappa shape index (κ1) is 13.6. The minimum Gasteiger partial charge on any atom is -0.384 e. The molecule has 1 aromatic rings. The molecule has 0 unspecified atom stereocenters. The zero-order valence-electron chi connectivity index (χ0n) is 10.4. The number of hydrogen-bond donors (Lipinski definition) is 1. The molecule has 0 aromatic heterocycles. The van der Waals surface area contributed by atoms with Gasteiger partial charge in [0.25, 0.3) is 5.69 Å². The lowest BCUT2D eigenvalue weighted by molar-refractivity contribution is -0.384. The summed E-state index contributed by atoms with van der Waals surface area (Å²) in [6.45, 7) is 3.20. The summed E-state index contributed by atoms with van der Waals surface area (Å²) in [7, 11) is 0. The lowest BCUT2D eigenvalue weighted by Gasteiger charge is -2.16. The quantitative estimate of drug-likeness (QED) is 0.470. The van der Waals surface area contributed by atoms with Crippen molar-refractivity contribution in [3.63, 3.8) is 0 Å². The Morgan fingerprint density at radius 1 is 1.50 bits per heavy atom. The van der Waals surface area contributed by atoms with Gasteiger partial charge >= 0.3 is 0 Å². The van der Waals surface area contributed by atoms with Crippen molar-refractivity contribution < 1.29 is 4.92 Å². The SMILES string of the molecule is CCCC1(CNc2ccc([N+](=O)[O-])cc2I)CC1. The number of nitro benzene ring substituents is 1. The molecule has 0 bridgehead atoms. The Balaban J connectivity index is 2.00. The molecule has 0 aliphatic heterocycles. The fourth-order valence-corrected chi connectivity index (χ4v) is 2.96. The van der Waals surface area contributed by atoms with E-state index < -0.39 is 0 Å². The number of anilines is 1. The maximum atomic E-state index is 10.7. The second-order valence-corrected chi connectivity index (χ2v) is 6.19. The molecule has 1 fully saturated rings. The summed E-state index contributed by atoms with van der Waals surface area (Å²) < 4.78 is 0.911. The highest BCUT2D eigenvalue weighted by Gasteiger charge is 2.41.